The van der Waals surface area contributed by atoms with Crippen LogP contribution in [-0.2, 0) is 17.9 Å². The Balaban J connectivity index is 1.15. The van der Waals surface area contributed by atoms with E-state index in [4.69, 9.17) is 4.84 Å². The molecule has 2 aromatic heterocycles. The first kappa shape index (κ1) is 18.0. The molecule has 2 aromatic rings. The Bertz CT molecular complexity index is 832. The predicted octanol–water partition coefficient (Wildman–Crippen LogP) is 1.81. The SMILES string of the molecule is Cc1nc(CN2C[C@@H]3ON=C(N4CCN(Cc5ccccn5)CC4)[C@@H]3C2)cs1. The summed E-state index contributed by atoms with van der Waals surface area (Å²) >= 11 is 1.72. The van der Waals surface area contributed by atoms with E-state index in [0.717, 1.165) is 68.9 Å². The van der Waals surface area contributed by atoms with Crippen molar-refractivity contribution in [2.45, 2.75) is 26.1 Å². The molecule has 5 rings (SSSR count). The Hall–Kier alpha value is -2.03. The van der Waals surface area contributed by atoms with Crippen molar-refractivity contribution in [3.63, 3.8) is 0 Å². The van der Waals surface area contributed by atoms with Gasteiger partial charge in [0.15, 0.2) is 11.9 Å². The van der Waals surface area contributed by atoms with Crippen molar-refractivity contribution in [1.82, 2.24) is 24.7 Å². The number of piperazine rings is 1. The molecule has 0 radical (unpaired) electrons. The van der Waals surface area contributed by atoms with E-state index in [2.05, 4.69) is 54.3 Å². The first-order valence-electron chi connectivity index (χ1n) is 9.99. The molecule has 0 bridgehead atoms. The van der Waals surface area contributed by atoms with Crippen LogP contribution in [-0.4, -0.2) is 75.9 Å². The second-order valence-electron chi connectivity index (χ2n) is 7.84. The van der Waals surface area contributed by atoms with Crippen LogP contribution in [0, 0.1) is 12.8 Å². The number of thiazole rings is 1. The lowest BCUT2D eigenvalue weighted by Crippen LogP contribution is -2.50. The number of oxime groups is 1. The summed E-state index contributed by atoms with van der Waals surface area (Å²) in [6.07, 6.45) is 2.07. The molecular formula is C20H26N6OS. The highest BCUT2D eigenvalue weighted by Gasteiger charge is 2.44. The normalized spacial score (nSPS) is 25.6. The number of amidine groups is 1. The van der Waals surface area contributed by atoms with Gasteiger partial charge in [-0.3, -0.25) is 14.8 Å². The fourth-order valence-electron chi connectivity index (χ4n) is 4.38. The molecule has 28 heavy (non-hydrogen) atoms. The summed E-state index contributed by atoms with van der Waals surface area (Å²) < 4.78 is 0. The van der Waals surface area contributed by atoms with E-state index in [1.54, 1.807) is 11.3 Å². The van der Waals surface area contributed by atoms with E-state index >= 15 is 0 Å². The van der Waals surface area contributed by atoms with Gasteiger partial charge in [-0.05, 0) is 19.1 Å². The molecule has 7 nitrogen and oxygen atoms in total. The Morgan fingerprint density at radius 3 is 2.68 bits per heavy atom. The summed E-state index contributed by atoms with van der Waals surface area (Å²) in [5, 5.41) is 7.77. The molecule has 5 heterocycles. The van der Waals surface area contributed by atoms with E-state index in [-0.39, 0.29) is 6.10 Å². The van der Waals surface area contributed by atoms with Crippen LogP contribution in [0.25, 0.3) is 0 Å². The van der Waals surface area contributed by atoms with Crippen LogP contribution in [0.1, 0.15) is 16.4 Å². The van der Waals surface area contributed by atoms with Crippen molar-refractivity contribution < 1.29 is 4.84 Å². The lowest BCUT2D eigenvalue weighted by atomic mass is 10.0. The average molecular weight is 399 g/mol. The van der Waals surface area contributed by atoms with Gasteiger partial charge >= 0.3 is 0 Å². The minimum atomic E-state index is 0.196. The van der Waals surface area contributed by atoms with Crippen LogP contribution in [0.4, 0.5) is 0 Å². The Morgan fingerprint density at radius 1 is 1.07 bits per heavy atom. The summed E-state index contributed by atoms with van der Waals surface area (Å²) in [7, 11) is 0. The van der Waals surface area contributed by atoms with E-state index < -0.39 is 0 Å². The Morgan fingerprint density at radius 2 is 1.93 bits per heavy atom. The van der Waals surface area contributed by atoms with Crippen molar-refractivity contribution in [2.24, 2.45) is 11.1 Å². The zero-order valence-electron chi connectivity index (χ0n) is 16.2. The number of likely N-dealkylation sites (tertiary alicyclic amines) is 1. The number of fused-ring (bicyclic) bond motifs is 1. The maximum Gasteiger partial charge on any atom is 0.152 e. The second kappa shape index (κ2) is 7.77. The number of rotatable bonds is 4. The summed E-state index contributed by atoms with van der Waals surface area (Å²) in [5.41, 5.74) is 2.31. The van der Waals surface area contributed by atoms with Crippen molar-refractivity contribution >= 4 is 17.2 Å². The van der Waals surface area contributed by atoms with Gasteiger partial charge in [-0.25, -0.2) is 4.98 Å². The molecule has 0 aromatic carbocycles. The third kappa shape index (κ3) is 3.76. The fourth-order valence-corrected chi connectivity index (χ4v) is 4.99. The van der Waals surface area contributed by atoms with E-state index in [9.17, 15) is 0 Å². The third-order valence-electron chi connectivity index (χ3n) is 5.82. The second-order valence-corrected chi connectivity index (χ2v) is 8.90. The van der Waals surface area contributed by atoms with Crippen LogP contribution >= 0.6 is 11.3 Å². The van der Waals surface area contributed by atoms with Gasteiger partial charge < -0.3 is 9.74 Å². The van der Waals surface area contributed by atoms with Gasteiger partial charge in [0.2, 0.25) is 0 Å². The van der Waals surface area contributed by atoms with Crippen LogP contribution in [0.3, 0.4) is 0 Å². The highest BCUT2D eigenvalue weighted by Crippen LogP contribution is 2.30. The summed E-state index contributed by atoms with van der Waals surface area (Å²) in [4.78, 5) is 22.2. The lowest BCUT2D eigenvalue weighted by Gasteiger charge is -2.36. The van der Waals surface area contributed by atoms with E-state index in [0.29, 0.717) is 5.92 Å². The third-order valence-corrected chi connectivity index (χ3v) is 6.64. The molecule has 0 spiro atoms. The van der Waals surface area contributed by atoms with E-state index in [1.165, 1.54) is 5.69 Å². The first-order chi connectivity index (χ1) is 13.7. The van der Waals surface area contributed by atoms with Gasteiger partial charge in [-0.1, -0.05) is 11.2 Å². The molecule has 2 atom stereocenters. The maximum atomic E-state index is 5.80. The summed E-state index contributed by atoms with van der Waals surface area (Å²) in [6, 6.07) is 6.13. The Kier molecular flexibility index (Phi) is 5.00. The van der Waals surface area contributed by atoms with Gasteiger partial charge in [0.1, 0.15) is 0 Å². The zero-order valence-corrected chi connectivity index (χ0v) is 17.0. The molecule has 0 unspecified atom stereocenters. The fraction of sp³-hybridized carbons (Fsp3) is 0.550. The number of hydrogen-bond acceptors (Lipinski definition) is 8. The van der Waals surface area contributed by atoms with Crippen LogP contribution in [0.2, 0.25) is 0 Å². The molecule has 0 aliphatic carbocycles. The van der Waals surface area contributed by atoms with E-state index in [1.807, 2.05) is 12.3 Å². The zero-order chi connectivity index (χ0) is 18.9. The van der Waals surface area contributed by atoms with Gasteiger partial charge in [0.25, 0.3) is 0 Å². The van der Waals surface area contributed by atoms with Gasteiger partial charge in [0.05, 0.1) is 22.3 Å². The van der Waals surface area contributed by atoms with Crippen molar-refractivity contribution in [3.8, 4) is 0 Å². The lowest BCUT2D eigenvalue weighted by molar-refractivity contribution is 0.0742. The summed E-state index contributed by atoms with van der Waals surface area (Å²) in [5.74, 6) is 1.54. The molecule has 3 aliphatic heterocycles. The van der Waals surface area contributed by atoms with Crippen LogP contribution in [0.5, 0.6) is 0 Å². The number of aryl methyl sites for hydroxylation is 1. The smallest absolute Gasteiger partial charge is 0.152 e. The monoisotopic (exact) mass is 398 g/mol. The van der Waals surface area contributed by atoms with Gasteiger partial charge in [-0.15, -0.1) is 11.3 Å². The molecule has 0 saturated carbocycles. The topological polar surface area (TPSA) is 57.1 Å². The highest BCUT2D eigenvalue weighted by molar-refractivity contribution is 7.09. The number of aromatic nitrogens is 2. The number of pyridine rings is 1. The maximum absolute atomic E-state index is 5.80. The minimum Gasteiger partial charge on any atom is -0.389 e. The van der Waals surface area contributed by atoms with Crippen molar-refractivity contribution in [2.75, 3.05) is 39.3 Å². The van der Waals surface area contributed by atoms with Crippen molar-refractivity contribution in [1.29, 1.82) is 0 Å². The largest absolute Gasteiger partial charge is 0.389 e. The van der Waals surface area contributed by atoms with Gasteiger partial charge in [0, 0.05) is 63.9 Å². The number of nitrogens with zero attached hydrogens (tertiary/aromatic N) is 6. The molecule has 3 aliphatic rings. The van der Waals surface area contributed by atoms with Crippen LogP contribution < -0.4 is 0 Å². The minimum absolute atomic E-state index is 0.196. The molecule has 2 fully saturated rings. The predicted molar refractivity (Wildman–Crippen MR) is 109 cm³/mol. The van der Waals surface area contributed by atoms with Crippen LogP contribution in [0.15, 0.2) is 34.9 Å². The highest BCUT2D eigenvalue weighted by atomic mass is 32.1. The number of hydrogen-bond donors (Lipinski definition) is 0. The molecule has 8 heteroatoms. The summed E-state index contributed by atoms with van der Waals surface area (Å²) in [6.45, 7) is 9.92. The standard InChI is InChI=1S/C20H26N6OS/c1-15-22-17(14-28-15)11-25-12-18-19(13-25)27-23-20(18)26-8-6-24(7-9-26)10-16-4-2-3-5-21-16/h2-5,14,18-19H,6-13H2,1H3/t18-,19+/m1/s1. The Labute approximate surface area is 169 Å². The van der Waals surface area contributed by atoms with Crippen molar-refractivity contribution in [3.05, 3.63) is 46.2 Å². The molecule has 0 N–H and O–H groups in total. The molecular weight excluding hydrogens is 372 g/mol. The molecule has 0 amide bonds. The first-order valence-corrected chi connectivity index (χ1v) is 10.9. The molecule has 2 saturated heterocycles. The quantitative estimate of drug-likeness (QED) is 0.783. The van der Waals surface area contributed by atoms with Gasteiger partial charge in [-0.2, -0.15) is 0 Å². The molecule has 148 valence electrons. The average Bonchev–Trinajstić information content (AvgIpc) is 3.40.